The van der Waals surface area contributed by atoms with Crippen LogP contribution in [0.4, 0.5) is 5.69 Å². The molecule has 3 N–H and O–H groups in total. The van der Waals surface area contributed by atoms with Gasteiger partial charge in [0.05, 0.1) is 12.0 Å². The molecule has 1 amide bonds. The van der Waals surface area contributed by atoms with Crippen molar-refractivity contribution in [1.29, 1.82) is 0 Å². The molecule has 1 aliphatic carbocycles. The number of rotatable bonds is 5. The van der Waals surface area contributed by atoms with Crippen LogP contribution in [0.25, 0.3) is 0 Å². The summed E-state index contributed by atoms with van der Waals surface area (Å²) in [5.41, 5.74) is 7.25. The Morgan fingerprint density at radius 1 is 1.50 bits per heavy atom. The summed E-state index contributed by atoms with van der Waals surface area (Å²) in [6, 6.07) is 7.71. The van der Waals surface area contributed by atoms with Crippen LogP contribution in [0.15, 0.2) is 24.3 Å². The summed E-state index contributed by atoms with van der Waals surface area (Å²) in [6.07, 6.45) is 2.88. The Bertz CT molecular complexity index is 422. The quantitative estimate of drug-likeness (QED) is 0.836. The highest BCUT2D eigenvalue weighted by atomic mass is 16.5. The Labute approximate surface area is 108 Å². The van der Waals surface area contributed by atoms with Crippen molar-refractivity contribution in [2.45, 2.75) is 25.9 Å². The molecule has 0 saturated heterocycles. The first-order valence-electron chi connectivity index (χ1n) is 6.29. The van der Waals surface area contributed by atoms with Gasteiger partial charge in [-0.15, -0.1) is 0 Å². The zero-order valence-corrected chi connectivity index (χ0v) is 10.7. The minimum Gasteiger partial charge on any atom is -0.380 e. The number of benzene rings is 1. The maximum absolute atomic E-state index is 12.2. The van der Waals surface area contributed by atoms with E-state index in [1.165, 1.54) is 0 Å². The molecule has 18 heavy (non-hydrogen) atoms. The molecule has 4 heteroatoms. The van der Waals surface area contributed by atoms with Crippen LogP contribution >= 0.6 is 0 Å². The number of hydrogen-bond acceptors (Lipinski definition) is 3. The molecule has 4 nitrogen and oxygen atoms in total. The number of nitrogens with two attached hydrogens (primary N) is 1. The third-order valence-electron chi connectivity index (χ3n) is 3.68. The van der Waals surface area contributed by atoms with E-state index in [0.717, 1.165) is 30.5 Å². The number of methoxy groups -OCH3 is 1. The van der Waals surface area contributed by atoms with Gasteiger partial charge in [0.1, 0.15) is 0 Å². The Morgan fingerprint density at radius 2 is 2.28 bits per heavy atom. The zero-order chi connectivity index (χ0) is 13.0. The predicted octanol–water partition coefficient (Wildman–Crippen LogP) is 1.90. The molecule has 1 aliphatic rings. The van der Waals surface area contributed by atoms with E-state index in [0.29, 0.717) is 13.2 Å². The standard InChI is InChI=1S/C14H20N2O2/c1-18-9-11-4-2-5-12(8-11)16-13(17)14(10-15)6-3-7-14/h2,4-5,8H,3,6-7,9-10,15H2,1H3,(H,16,17). The molecule has 0 bridgehead atoms. The first kappa shape index (κ1) is 13.1. The van der Waals surface area contributed by atoms with E-state index in [-0.39, 0.29) is 11.3 Å². The Balaban J connectivity index is 2.04. The maximum Gasteiger partial charge on any atom is 0.231 e. The van der Waals surface area contributed by atoms with E-state index in [1.807, 2.05) is 24.3 Å². The molecule has 0 atom stereocenters. The van der Waals surface area contributed by atoms with Crippen molar-refractivity contribution in [3.05, 3.63) is 29.8 Å². The molecule has 0 radical (unpaired) electrons. The molecule has 0 heterocycles. The highest BCUT2D eigenvalue weighted by Gasteiger charge is 2.42. The van der Waals surface area contributed by atoms with Crippen molar-refractivity contribution >= 4 is 11.6 Å². The van der Waals surface area contributed by atoms with Gasteiger partial charge >= 0.3 is 0 Å². The number of ether oxygens (including phenoxy) is 1. The molecule has 98 valence electrons. The molecule has 0 unspecified atom stereocenters. The maximum atomic E-state index is 12.2. The van der Waals surface area contributed by atoms with Crippen LogP contribution in [-0.2, 0) is 16.1 Å². The van der Waals surface area contributed by atoms with Crippen LogP contribution in [0.1, 0.15) is 24.8 Å². The highest BCUT2D eigenvalue weighted by Crippen LogP contribution is 2.40. The van der Waals surface area contributed by atoms with Crippen LogP contribution in [0.2, 0.25) is 0 Å². The lowest BCUT2D eigenvalue weighted by Gasteiger charge is -2.39. The fourth-order valence-corrected chi connectivity index (χ4v) is 2.30. The molecule has 2 rings (SSSR count). The topological polar surface area (TPSA) is 64.3 Å². The summed E-state index contributed by atoms with van der Waals surface area (Å²) >= 11 is 0. The summed E-state index contributed by atoms with van der Waals surface area (Å²) < 4.78 is 5.08. The lowest BCUT2D eigenvalue weighted by Crippen LogP contribution is -2.47. The monoisotopic (exact) mass is 248 g/mol. The van der Waals surface area contributed by atoms with Gasteiger partial charge in [-0.3, -0.25) is 4.79 Å². The molecule has 1 fully saturated rings. The van der Waals surface area contributed by atoms with Crippen molar-refractivity contribution in [3.8, 4) is 0 Å². The summed E-state index contributed by atoms with van der Waals surface area (Å²) in [5.74, 6) is 0.0471. The van der Waals surface area contributed by atoms with E-state index in [2.05, 4.69) is 5.32 Å². The van der Waals surface area contributed by atoms with Gasteiger partial charge in [-0.1, -0.05) is 18.6 Å². The number of nitrogens with one attached hydrogen (secondary N) is 1. The largest absolute Gasteiger partial charge is 0.380 e. The second-order valence-corrected chi connectivity index (χ2v) is 4.93. The van der Waals surface area contributed by atoms with Crippen molar-refractivity contribution < 1.29 is 9.53 Å². The van der Waals surface area contributed by atoms with Crippen LogP contribution in [0, 0.1) is 5.41 Å². The van der Waals surface area contributed by atoms with Crippen LogP contribution in [-0.4, -0.2) is 19.6 Å². The third kappa shape index (κ3) is 2.54. The first-order chi connectivity index (χ1) is 8.70. The van der Waals surface area contributed by atoms with Gasteiger partial charge in [0, 0.05) is 19.3 Å². The number of amides is 1. The zero-order valence-electron chi connectivity index (χ0n) is 10.7. The summed E-state index contributed by atoms with van der Waals surface area (Å²) in [6.45, 7) is 0.975. The molecule has 0 spiro atoms. The fraction of sp³-hybridized carbons (Fsp3) is 0.500. The number of carbonyl (C=O) groups excluding carboxylic acids is 1. The van der Waals surface area contributed by atoms with E-state index >= 15 is 0 Å². The van der Waals surface area contributed by atoms with Crippen molar-refractivity contribution in [2.75, 3.05) is 19.0 Å². The van der Waals surface area contributed by atoms with E-state index in [4.69, 9.17) is 10.5 Å². The second kappa shape index (κ2) is 5.50. The van der Waals surface area contributed by atoms with Gasteiger partial charge < -0.3 is 15.8 Å². The lowest BCUT2D eigenvalue weighted by atomic mass is 9.68. The Kier molecular flexibility index (Phi) is 3.99. The summed E-state index contributed by atoms with van der Waals surface area (Å²) in [4.78, 5) is 12.2. The van der Waals surface area contributed by atoms with Crippen LogP contribution in [0.5, 0.6) is 0 Å². The Hall–Kier alpha value is -1.39. The van der Waals surface area contributed by atoms with Crippen molar-refractivity contribution in [2.24, 2.45) is 11.1 Å². The average molecular weight is 248 g/mol. The fourth-order valence-electron chi connectivity index (χ4n) is 2.30. The summed E-state index contributed by atoms with van der Waals surface area (Å²) in [5, 5.41) is 2.96. The minimum atomic E-state index is -0.336. The van der Waals surface area contributed by atoms with Crippen molar-refractivity contribution in [3.63, 3.8) is 0 Å². The molecular weight excluding hydrogens is 228 g/mol. The average Bonchev–Trinajstić information content (AvgIpc) is 2.29. The van der Waals surface area contributed by atoms with Gasteiger partial charge in [0.15, 0.2) is 0 Å². The third-order valence-corrected chi connectivity index (χ3v) is 3.68. The van der Waals surface area contributed by atoms with E-state index < -0.39 is 0 Å². The molecular formula is C14H20N2O2. The first-order valence-corrected chi connectivity index (χ1v) is 6.29. The molecule has 1 saturated carbocycles. The summed E-state index contributed by atoms with van der Waals surface area (Å²) in [7, 11) is 1.66. The molecule has 1 aromatic rings. The normalized spacial score (nSPS) is 17.0. The molecule has 1 aromatic carbocycles. The van der Waals surface area contributed by atoms with Gasteiger partial charge in [-0.2, -0.15) is 0 Å². The van der Waals surface area contributed by atoms with Crippen LogP contribution < -0.4 is 11.1 Å². The number of anilines is 1. The minimum absolute atomic E-state index is 0.0471. The lowest BCUT2D eigenvalue weighted by molar-refractivity contribution is -0.129. The van der Waals surface area contributed by atoms with Crippen LogP contribution in [0.3, 0.4) is 0 Å². The Morgan fingerprint density at radius 3 is 2.83 bits per heavy atom. The molecule has 0 aliphatic heterocycles. The van der Waals surface area contributed by atoms with E-state index in [1.54, 1.807) is 7.11 Å². The van der Waals surface area contributed by atoms with Gasteiger partial charge in [0.25, 0.3) is 0 Å². The smallest absolute Gasteiger partial charge is 0.231 e. The van der Waals surface area contributed by atoms with Crippen molar-refractivity contribution in [1.82, 2.24) is 0 Å². The van der Waals surface area contributed by atoms with Gasteiger partial charge in [-0.05, 0) is 30.5 Å². The number of carbonyl (C=O) groups is 1. The SMILES string of the molecule is COCc1cccc(NC(=O)C2(CN)CCC2)c1. The van der Waals surface area contributed by atoms with E-state index in [9.17, 15) is 4.79 Å². The second-order valence-electron chi connectivity index (χ2n) is 4.93. The number of hydrogen-bond donors (Lipinski definition) is 2. The van der Waals surface area contributed by atoms with Gasteiger partial charge in [-0.25, -0.2) is 0 Å². The van der Waals surface area contributed by atoms with Gasteiger partial charge in [0.2, 0.25) is 5.91 Å². The predicted molar refractivity (Wildman–Crippen MR) is 71.1 cm³/mol. The molecule has 0 aromatic heterocycles. The highest BCUT2D eigenvalue weighted by molar-refractivity contribution is 5.96.